The first-order chi connectivity index (χ1) is 10.3. The third kappa shape index (κ3) is 3.25. The van der Waals surface area contributed by atoms with Gasteiger partial charge in [-0.3, -0.25) is 0 Å². The lowest BCUT2D eigenvalue weighted by molar-refractivity contribution is 0.590. The zero-order chi connectivity index (χ0) is 16.5. The fourth-order valence-electron chi connectivity index (χ4n) is 2.79. The zero-order valence-electron chi connectivity index (χ0n) is 13.9. The molecule has 0 radical (unpaired) electrons. The van der Waals surface area contributed by atoms with Gasteiger partial charge < -0.3 is 0 Å². The van der Waals surface area contributed by atoms with Gasteiger partial charge in [0.25, 0.3) is 0 Å². The second-order valence-corrected chi connectivity index (χ2v) is 7.84. The molecule has 0 bridgehead atoms. The van der Waals surface area contributed by atoms with Crippen molar-refractivity contribution in [2.45, 2.75) is 46.0 Å². The first kappa shape index (κ1) is 16.8. The molecule has 2 aromatic carbocycles. The van der Waals surface area contributed by atoms with Crippen molar-refractivity contribution in [2.75, 3.05) is 0 Å². The van der Waals surface area contributed by atoms with Crippen molar-refractivity contribution in [1.82, 2.24) is 0 Å². The van der Waals surface area contributed by atoms with Gasteiger partial charge in [0.05, 0.1) is 11.6 Å². The van der Waals surface area contributed by atoms with Crippen LogP contribution in [0.15, 0.2) is 40.9 Å². The minimum absolute atomic E-state index is 0.0884. The van der Waals surface area contributed by atoms with Crippen LogP contribution in [0.2, 0.25) is 0 Å². The van der Waals surface area contributed by atoms with Crippen LogP contribution in [0.4, 0.5) is 0 Å². The van der Waals surface area contributed by atoms with Gasteiger partial charge in [0.15, 0.2) is 0 Å². The Bertz CT molecular complexity index is 730. The van der Waals surface area contributed by atoms with E-state index in [1.807, 2.05) is 12.1 Å². The SMILES string of the molecule is CC(C)c1ccc(Br)c(-c2cccc(C#N)c2C(C)(C)C)c1. The Labute approximate surface area is 142 Å². The highest BCUT2D eigenvalue weighted by atomic mass is 79.9. The lowest BCUT2D eigenvalue weighted by atomic mass is 9.79. The molecule has 0 unspecified atom stereocenters. The molecule has 2 rings (SSSR count). The molecule has 0 saturated heterocycles. The van der Waals surface area contributed by atoms with Crippen LogP contribution in [0.25, 0.3) is 11.1 Å². The Balaban J connectivity index is 2.79. The standard InChI is InChI=1S/C20H22BrN/c1-13(2)14-9-10-18(21)17(11-14)16-8-6-7-15(12-22)19(16)20(3,4)5/h6-11,13H,1-5H3. The molecule has 0 saturated carbocycles. The summed E-state index contributed by atoms with van der Waals surface area (Å²) in [6.07, 6.45) is 0. The molecule has 0 fully saturated rings. The lowest BCUT2D eigenvalue weighted by Crippen LogP contribution is -2.15. The van der Waals surface area contributed by atoms with E-state index in [1.54, 1.807) is 0 Å². The molecule has 114 valence electrons. The summed E-state index contributed by atoms with van der Waals surface area (Å²) in [6, 6.07) is 14.8. The highest BCUT2D eigenvalue weighted by Gasteiger charge is 2.23. The second-order valence-electron chi connectivity index (χ2n) is 6.98. The predicted octanol–water partition coefficient (Wildman–Crippen LogP) is 6.41. The number of halogens is 1. The number of nitrogens with zero attached hydrogens (tertiary/aromatic N) is 1. The molecule has 0 N–H and O–H groups in total. The molecule has 2 heteroatoms. The second kappa shape index (κ2) is 6.26. The summed E-state index contributed by atoms with van der Waals surface area (Å²) in [5.41, 5.74) is 5.38. The summed E-state index contributed by atoms with van der Waals surface area (Å²) in [5, 5.41) is 9.50. The molecule has 0 atom stereocenters. The van der Waals surface area contributed by atoms with E-state index < -0.39 is 0 Å². The molecule has 0 aliphatic rings. The summed E-state index contributed by atoms with van der Waals surface area (Å²) in [7, 11) is 0. The molecule has 0 aliphatic carbocycles. The van der Waals surface area contributed by atoms with Gasteiger partial charge in [0.1, 0.15) is 0 Å². The maximum Gasteiger partial charge on any atom is 0.0994 e. The average Bonchev–Trinajstić information content (AvgIpc) is 2.45. The number of benzene rings is 2. The first-order valence-electron chi connectivity index (χ1n) is 7.59. The van der Waals surface area contributed by atoms with E-state index in [-0.39, 0.29) is 5.41 Å². The van der Waals surface area contributed by atoms with Gasteiger partial charge in [0, 0.05) is 4.47 Å². The van der Waals surface area contributed by atoms with Crippen LogP contribution in [0.1, 0.15) is 57.2 Å². The fourth-order valence-corrected chi connectivity index (χ4v) is 3.25. The Morgan fingerprint density at radius 1 is 1.05 bits per heavy atom. The van der Waals surface area contributed by atoms with Crippen molar-refractivity contribution in [2.24, 2.45) is 0 Å². The van der Waals surface area contributed by atoms with Crippen LogP contribution in [0, 0.1) is 11.3 Å². The van der Waals surface area contributed by atoms with Crippen molar-refractivity contribution in [3.05, 3.63) is 57.6 Å². The normalized spacial score (nSPS) is 11.5. The average molecular weight is 356 g/mol. The van der Waals surface area contributed by atoms with Gasteiger partial charge in [-0.25, -0.2) is 0 Å². The van der Waals surface area contributed by atoms with E-state index in [9.17, 15) is 5.26 Å². The summed E-state index contributed by atoms with van der Waals surface area (Å²) >= 11 is 3.68. The van der Waals surface area contributed by atoms with Crippen molar-refractivity contribution in [3.63, 3.8) is 0 Å². The molecule has 22 heavy (non-hydrogen) atoms. The Hall–Kier alpha value is -1.59. The van der Waals surface area contributed by atoms with Gasteiger partial charge in [-0.1, -0.05) is 68.7 Å². The third-order valence-electron chi connectivity index (χ3n) is 3.88. The van der Waals surface area contributed by atoms with E-state index in [1.165, 1.54) is 5.56 Å². The first-order valence-corrected chi connectivity index (χ1v) is 8.38. The fraction of sp³-hybridized carbons (Fsp3) is 0.350. The lowest BCUT2D eigenvalue weighted by Gasteiger charge is -2.25. The molecule has 0 aliphatic heterocycles. The molecule has 1 nitrogen and oxygen atoms in total. The highest BCUT2D eigenvalue weighted by Crippen LogP contribution is 2.39. The molecular formula is C20H22BrN. The minimum atomic E-state index is -0.0884. The van der Waals surface area contributed by atoms with E-state index in [0.29, 0.717) is 5.92 Å². The quantitative estimate of drug-likeness (QED) is 0.610. The van der Waals surface area contributed by atoms with Crippen LogP contribution in [-0.2, 0) is 5.41 Å². The van der Waals surface area contributed by atoms with Crippen molar-refractivity contribution in [1.29, 1.82) is 5.26 Å². The van der Waals surface area contributed by atoms with Crippen LogP contribution in [0.3, 0.4) is 0 Å². The largest absolute Gasteiger partial charge is 0.192 e. The van der Waals surface area contributed by atoms with Crippen LogP contribution >= 0.6 is 15.9 Å². The Morgan fingerprint density at radius 2 is 1.73 bits per heavy atom. The number of rotatable bonds is 2. The van der Waals surface area contributed by atoms with Crippen LogP contribution in [-0.4, -0.2) is 0 Å². The van der Waals surface area contributed by atoms with E-state index in [0.717, 1.165) is 26.7 Å². The van der Waals surface area contributed by atoms with E-state index >= 15 is 0 Å². The maximum absolute atomic E-state index is 9.50. The summed E-state index contributed by atoms with van der Waals surface area (Å²) in [6.45, 7) is 10.9. The van der Waals surface area contributed by atoms with Crippen molar-refractivity contribution < 1.29 is 0 Å². The maximum atomic E-state index is 9.50. The van der Waals surface area contributed by atoms with E-state index in [4.69, 9.17) is 0 Å². The van der Waals surface area contributed by atoms with Gasteiger partial charge in [0.2, 0.25) is 0 Å². The highest BCUT2D eigenvalue weighted by molar-refractivity contribution is 9.10. The summed E-state index contributed by atoms with van der Waals surface area (Å²) in [5.74, 6) is 0.476. The summed E-state index contributed by atoms with van der Waals surface area (Å²) < 4.78 is 1.07. The van der Waals surface area contributed by atoms with Gasteiger partial charge in [-0.15, -0.1) is 0 Å². The zero-order valence-corrected chi connectivity index (χ0v) is 15.5. The van der Waals surface area contributed by atoms with Gasteiger partial charge in [-0.2, -0.15) is 5.26 Å². The summed E-state index contributed by atoms with van der Waals surface area (Å²) in [4.78, 5) is 0. The van der Waals surface area contributed by atoms with Crippen LogP contribution < -0.4 is 0 Å². The van der Waals surface area contributed by atoms with E-state index in [2.05, 4.69) is 80.9 Å². The van der Waals surface area contributed by atoms with Crippen molar-refractivity contribution >= 4 is 15.9 Å². The molecule has 0 aromatic heterocycles. The molecule has 0 spiro atoms. The Morgan fingerprint density at radius 3 is 2.27 bits per heavy atom. The Kier molecular flexibility index (Phi) is 4.78. The number of hydrogen-bond acceptors (Lipinski definition) is 1. The van der Waals surface area contributed by atoms with Crippen molar-refractivity contribution in [3.8, 4) is 17.2 Å². The molecule has 2 aromatic rings. The number of nitriles is 1. The molecule has 0 amide bonds. The smallest absolute Gasteiger partial charge is 0.0994 e. The third-order valence-corrected chi connectivity index (χ3v) is 4.57. The number of hydrogen-bond donors (Lipinski definition) is 0. The topological polar surface area (TPSA) is 23.8 Å². The predicted molar refractivity (Wildman–Crippen MR) is 97.1 cm³/mol. The van der Waals surface area contributed by atoms with Gasteiger partial charge in [-0.05, 0) is 51.8 Å². The minimum Gasteiger partial charge on any atom is -0.192 e. The van der Waals surface area contributed by atoms with Gasteiger partial charge >= 0.3 is 0 Å². The molecule has 0 heterocycles. The monoisotopic (exact) mass is 355 g/mol. The van der Waals surface area contributed by atoms with Crippen LogP contribution in [0.5, 0.6) is 0 Å². The molecular weight excluding hydrogens is 334 g/mol.